The van der Waals surface area contributed by atoms with Crippen LogP contribution in [0.15, 0.2) is 127 Å². The average molecular weight is 342 g/mol. The third-order valence-corrected chi connectivity index (χ3v) is 3.53. The molecule has 0 radical (unpaired) electrons. The molecule has 0 aromatic heterocycles. The Kier molecular flexibility index (Phi) is 8.91. The first-order chi connectivity index (χ1) is 12.9. The highest BCUT2D eigenvalue weighted by Crippen LogP contribution is 2.12. The molecule has 0 unspecified atom stereocenters. The van der Waals surface area contributed by atoms with Gasteiger partial charge >= 0.3 is 0 Å². The van der Waals surface area contributed by atoms with Gasteiger partial charge in [-0.1, -0.05) is 97.1 Å². The zero-order valence-electron chi connectivity index (χ0n) is 15.2. The third kappa shape index (κ3) is 7.54. The molecule has 1 N–H and O–H groups in total. The summed E-state index contributed by atoms with van der Waals surface area (Å²) in [5.41, 5.74) is 5.59. The van der Waals surface area contributed by atoms with E-state index in [-0.39, 0.29) is 0 Å². The lowest BCUT2D eigenvalue weighted by Crippen LogP contribution is -2.28. The van der Waals surface area contributed by atoms with Crippen LogP contribution in [0, 0.1) is 0 Å². The second-order valence-corrected chi connectivity index (χ2v) is 5.48. The molecule has 0 atom stereocenters. The van der Waals surface area contributed by atoms with Crippen LogP contribution in [0.2, 0.25) is 0 Å². The molecule has 1 aliphatic rings. The number of allylic oxidation sites excluding steroid dienone is 11. The SMILES string of the molecule is CCN(Nc1ccccccccc1)C1=C\C=C/C=C\C=C/C=C\C=C1. The second-order valence-electron chi connectivity index (χ2n) is 5.48. The van der Waals surface area contributed by atoms with Gasteiger partial charge in [0.05, 0.1) is 11.4 Å². The topological polar surface area (TPSA) is 15.3 Å². The van der Waals surface area contributed by atoms with E-state index >= 15 is 0 Å². The molecule has 0 spiro atoms. The van der Waals surface area contributed by atoms with Gasteiger partial charge in [0.1, 0.15) is 0 Å². The maximum atomic E-state index is 3.49. The van der Waals surface area contributed by atoms with Gasteiger partial charge < -0.3 is 0 Å². The van der Waals surface area contributed by atoms with E-state index in [2.05, 4.69) is 41.6 Å². The van der Waals surface area contributed by atoms with Crippen molar-refractivity contribution in [3.8, 4) is 0 Å². The largest absolute Gasteiger partial charge is 0.298 e. The molecule has 0 fully saturated rings. The van der Waals surface area contributed by atoms with Gasteiger partial charge in [-0.15, -0.1) is 0 Å². The van der Waals surface area contributed by atoms with E-state index in [0.29, 0.717) is 0 Å². The van der Waals surface area contributed by atoms with E-state index in [1.54, 1.807) is 0 Å². The molecule has 2 rings (SSSR count). The van der Waals surface area contributed by atoms with Crippen molar-refractivity contribution in [3.63, 3.8) is 0 Å². The van der Waals surface area contributed by atoms with Crippen LogP contribution >= 0.6 is 0 Å². The molecule has 0 amide bonds. The number of nitrogens with one attached hydrogen (secondary N) is 1. The van der Waals surface area contributed by atoms with E-state index in [1.165, 1.54) is 0 Å². The van der Waals surface area contributed by atoms with Crippen LogP contribution in [0.25, 0.3) is 0 Å². The number of hydrazine groups is 1. The van der Waals surface area contributed by atoms with Crippen molar-refractivity contribution < 1.29 is 0 Å². The van der Waals surface area contributed by atoms with Crippen LogP contribution in [0.5, 0.6) is 0 Å². The summed E-state index contributed by atoms with van der Waals surface area (Å²) in [7, 11) is 0. The zero-order chi connectivity index (χ0) is 18.3. The minimum atomic E-state index is 0.827. The van der Waals surface area contributed by atoms with Crippen LogP contribution in [0.4, 0.5) is 5.69 Å². The van der Waals surface area contributed by atoms with Crippen molar-refractivity contribution in [1.29, 1.82) is 0 Å². The molecular weight excluding hydrogens is 316 g/mol. The Morgan fingerprint density at radius 2 is 1.15 bits per heavy atom. The van der Waals surface area contributed by atoms with Crippen LogP contribution in [0.1, 0.15) is 6.92 Å². The summed E-state index contributed by atoms with van der Waals surface area (Å²) < 4.78 is 0. The highest BCUT2D eigenvalue weighted by molar-refractivity contribution is 5.42. The first kappa shape index (κ1) is 19.1. The quantitative estimate of drug-likeness (QED) is 0.661. The maximum absolute atomic E-state index is 3.49. The molecule has 132 valence electrons. The predicted octanol–water partition coefficient (Wildman–Crippen LogP) is 6.14. The van der Waals surface area contributed by atoms with E-state index in [1.807, 2.05) is 97.1 Å². The number of anilines is 1. The maximum Gasteiger partial charge on any atom is 0.0571 e. The number of nitrogens with zero attached hydrogens (tertiary/aromatic N) is 1. The number of rotatable bonds is 4. The molecule has 0 saturated carbocycles. The number of likely N-dealkylation sites (N-methyl/N-ethyl adjacent to an activating group) is 1. The zero-order valence-corrected chi connectivity index (χ0v) is 15.2. The highest BCUT2D eigenvalue weighted by atomic mass is 15.5. The monoisotopic (exact) mass is 342 g/mol. The molecule has 0 bridgehead atoms. The Morgan fingerprint density at radius 1 is 0.654 bits per heavy atom. The van der Waals surface area contributed by atoms with E-state index in [4.69, 9.17) is 0 Å². The Hall–Kier alpha value is -3.26. The second kappa shape index (κ2) is 12.2. The van der Waals surface area contributed by atoms with Crippen LogP contribution in [-0.2, 0) is 0 Å². The van der Waals surface area contributed by atoms with Gasteiger partial charge in [0, 0.05) is 6.54 Å². The fourth-order valence-electron chi connectivity index (χ4n) is 2.24. The third-order valence-electron chi connectivity index (χ3n) is 3.53. The average Bonchev–Trinajstić information content (AvgIpc) is 2.65. The fraction of sp³-hybridized carbons (Fsp3) is 0.0833. The lowest BCUT2D eigenvalue weighted by molar-refractivity contribution is 0.448. The molecule has 1 aromatic carbocycles. The normalized spacial score (nSPS) is 18.1. The molecule has 1 aromatic rings. The van der Waals surface area contributed by atoms with Crippen LogP contribution < -0.4 is 5.43 Å². The molecule has 26 heavy (non-hydrogen) atoms. The molecule has 2 heteroatoms. The van der Waals surface area contributed by atoms with Gasteiger partial charge in [0.2, 0.25) is 0 Å². The summed E-state index contributed by atoms with van der Waals surface area (Å²) in [6, 6.07) is 18.3. The Bertz CT molecular complexity index is 753. The van der Waals surface area contributed by atoms with Crippen molar-refractivity contribution in [1.82, 2.24) is 5.01 Å². The minimum absolute atomic E-state index is 0.827. The number of hydrogen-bond donors (Lipinski definition) is 1. The van der Waals surface area contributed by atoms with Crippen molar-refractivity contribution in [2.24, 2.45) is 0 Å². The molecule has 2 nitrogen and oxygen atoms in total. The molecular formula is C24H26N2. The number of hydrogen-bond acceptors (Lipinski definition) is 2. The van der Waals surface area contributed by atoms with Gasteiger partial charge in [0.15, 0.2) is 0 Å². The van der Waals surface area contributed by atoms with Crippen LogP contribution in [0.3, 0.4) is 0 Å². The Labute approximate surface area is 157 Å². The summed E-state index contributed by atoms with van der Waals surface area (Å²) in [6.07, 6.45) is 22.4. The summed E-state index contributed by atoms with van der Waals surface area (Å²) in [5.74, 6) is 0. The first-order valence-electron chi connectivity index (χ1n) is 8.88. The van der Waals surface area contributed by atoms with Gasteiger partial charge in [-0.3, -0.25) is 10.4 Å². The Morgan fingerprint density at radius 3 is 1.73 bits per heavy atom. The van der Waals surface area contributed by atoms with E-state index in [9.17, 15) is 0 Å². The van der Waals surface area contributed by atoms with Crippen LogP contribution in [-0.4, -0.2) is 11.6 Å². The lowest BCUT2D eigenvalue weighted by Gasteiger charge is -2.25. The summed E-state index contributed by atoms with van der Waals surface area (Å²) in [6.45, 7) is 2.96. The molecule has 0 heterocycles. The predicted molar refractivity (Wildman–Crippen MR) is 114 cm³/mol. The Balaban J connectivity index is 2.27. The summed E-state index contributed by atoms with van der Waals surface area (Å²) >= 11 is 0. The minimum Gasteiger partial charge on any atom is -0.298 e. The van der Waals surface area contributed by atoms with Gasteiger partial charge in [-0.2, -0.15) is 0 Å². The molecule has 1 aliphatic carbocycles. The fourth-order valence-corrected chi connectivity index (χ4v) is 2.24. The van der Waals surface area contributed by atoms with Crippen molar-refractivity contribution >= 4 is 5.69 Å². The first-order valence-corrected chi connectivity index (χ1v) is 8.88. The molecule has 0 saturated heterocycles. The van der Waals surface area contributed by atoms with Gasteiger partial charge in [-0.05, 0) is 31.2 Å². The van der Waals surface area contributed by atoms with Gasteiger partial charge in [-0.25, -0.2) is 0 Å². The standard InChI is InChI=1S/C24H26N2/c1-2-26(25-23-19-15-11-7-6-8-12-16-20-23)24-21-17-13-9-4-3-5-10-14-18-22-24/h3-22,25H,2H2,1H3/b4-3-,5-3?,7-6?,8-6?,9-4?,10-5-,11-7?,12-8?,13-9-,14-10?,15-11?,16-12?,17-13?,18-14-,19-15?,20-16?,21-17?,22-18?,23-19?,23-20?,24-21?,24-22?. The van der Waals surface area contributed by atoms with Gasteiger partial charge in [0.25, 0.3) is 0 Å². The molecule has 0 aliphatic heterocycles. The smallest absolute Gasteiger partial charge is 0.0571 e. The van der Waals surface area contributed by atoms with E-state index < -0.39 is 0 Å². The van der Waals surface area contributed by atoms with Crippen molar-refractivity contribution in [2.45, 2.75) is 6.92 Å². The van der Waals surface area contributed by atoms with Crippen molar-refractivity contribution in [3.05, 3.63) is 127 Å². The lowest BCUT2D eigenvalue weighted by atomic mass is 10.2. The summed E-state index contributed by atoms with van der Waals surface area (Å²) in [4.78, 5) is 0. The van der Waals surface area contributed by atoms with E-state index in [0.717, 1.165) is 17.9 Å². The summed E-state index contributed by atoms with van der Waals surface area (Å²) in [5, 5.41) is 2.12. The van der Waals surface area contributed by atoms with Crippen molar-refractivity contribution in [2.75, 3.05) is 12.0 Å². The highest BCUT2D eigenvalue weighted by Gasteiger charge is 2.03.